The minimum Gasteiger partial charge on any atom is -0.352 e. The predicted molar refractivity (Wildman–Crippen MR) is 113 cm³/mol. The molecule has 0 spiro atoms. The maximum absolute atomic E-state index is 13.1. The molecular weight excluding hydrogens is 368 g/mol. The van der Waals surface area contributed by atoms with Crippen LogP contribution in [0.1, 0.15) is 39.2 Å². The molecule has 3 aromatic rings. The van der Waals surface area contributed by atoms with Gasteiger partial charge in [-0.2, -0.15) is 5.10 Å². The van der Waals surface area contributed by atoms with E-state index in [2.05, 4.69) is 15.4 Å². The van der Waals surface area contributed by atoms with Crippen LogP contribution in [0.3, 0.4) is 0 Å². The van der Waals surface area contributed by atoms with Crippen molar-refractivity contribution >= 4 is 28.4 Å². The minimum atomic E-state index is -0.149. The summed E-state index contributed by atoms with van der Waals surface area (Å²) in [6, 6.07) is 7.81. The first-order valence-corrected chi connectivity index (χ1v) is 10.1. The van der Waals surface area contributed by atoms with Gasteiger partial charge in [0.05, 0.1) is 22.9 Å². The number of nitrogens with one attached hydrogen (secondary N) is 1. The molecule has 8 nitrogen and oxygen atoms in total. The zero-order valence-corrected chi connectivity index (χ0v) is 16.8. The van der Waals surface area contributed by atoms with Crippen LogP contribution in [0.2, 0.25) is 0 Å². The molecule has 8 heteroatoms. The number of para-hydroxylation sites is 2. The first-order chi connectivity index (χ1) is 14.0. The van der Waals surface area contributed by atoms with Gasteiger partial charge >= 0.3 is 0 Å². The van der Waals surface area contributed by atoms with Gasteiger partial charge in [0, 0.05) is 38.3 Å². The Morgan fingerprint density at radius 2 is 1.97 bits per heavy atom. The minimum absolute atomic E-state index is 0.133. The molecule has 0 saturated carbocycles. The lowest BCUT2D eigenvalue weighted by Gasteiger charge is -2.18. The molecule has 1 fully saturated rings. The van der Waals surface area contributed by atoms with Crippen molar-refractivity contribution in [2.24, 2.45) is 0 Å². The van der Waals surface area contributed by atoms with Gasteiger partial charge in [0.15, 0.2) is 5.82 Å². The van der Waals surface area contributed by atoms with Gasteiger partial charge in [-0.25, -0.2) is 4.98 Å². The number of carbonyl (C=O) groups excluding carboxylic acids is 1. The van der Waals surface area contributed by atoms with Crippen LogP contribution in [0.15, 0.2) is 41.5 Å². The number of aromatic nitrogens is 4. The maximum atomic E-state index is 13.1. The lowest BCUT2D eigenvalue weighted by molar-refractivity contribution is -0.116. The van der Waals surface area contributed by atoms with Crippen molar-refractivity contribution in [3.63, 3.8) is 0 Å². The van der Waals surface area contributed by atoms with Gasteiger partial charge in [0.1, 0.15) is 0 Å². The van der Waals surface area contributed by atoms with E-state index in [1.54, 1.807) is 15.4 Å². The van der Waals surface area contributed by atoms with E-state index < -0.39 is 0 Å². The predicted octanol–water partition coefficient (Wildman–Crippen LogP) is 2.80. The molecule has 1 amide bonds. The molecule has 0 unspecified atom stereocenters. The molecule has 4 rings (SSSR count). The van der Waals surface area contributed by atoms with E-state index in [4.69, 9.17) is 0 Å². The number of amides is 1. The Kier molecular flexibility index (Phi) is 5.33. The fraction of sp³-hybridized carbons (Fsp3) is 0.429. The monoisotopic (exact) mass is 394 g/mol. The average Bonchev–Trinajstić information content (AvgIpc) is 3.39. The lowest BCUT2D eigenvalue weighted by atomic mass is 10.2. The molecular formula is C21H26N6O2. The molecule has 2 aromatic heterocycles. The second kappa shape index (κ2) is 8.06. The number of carbonyl (C=O) groups is 1. The molecule has 152 valence electrons. The van der Waals surface area contributed by atoms with E-state index in [0.29, 0.717) is 18.1 Å². The van der Waals surface area contributed by atoms with E-state index in [9.17, 15) is 9.59 Å². The number of rotatable bonds is 6. The average molecular weight is 394 g/mol. The smallest absolute Gasteiger partial charge is 0.294 e. The summed E-state index contributed by atoms with van der Waals surface area (Å²) in [5, 5.41) is 7.09. The largest absolute Gasteiger partial charge is 0.352 e. The molecule has 0 radical (unpaired) electrons. The highest BCUT2D eigenvalue weighted by molar-refractivity contribution is 5.90. The van der Waals surface area contributed by atoms with Gasteiger partial charge in [0.25, 0.3) is 5.56 Å². The summed E-state index contributed by atoms with van der Waals surface area (Å²) >= 11 is 0. The molecule has 29 heavy (non-hydrogen) atoms. The highest BCUT2D eigenvalue weighted by Gasteiger charge is 2.20. The lowest BCUT2D eigenvalue weighted by Crippen LogP contribution is -2.32. The van der Waals surface area contributed by atoms with Crippen LogP contribution in [0.5, 0.6) is 0 Å². The van der Waals surface area contributed by atoms with Gasteiger partial charge < -0.3 is 14.8 Å². The molecule has 1 aliphatic heterocycles. The Labute approximate surface area is 169 Å². The Hall–Kier alpha value is -3.16. The summed E-state index contributed by atoms with van der Waals surface area (Å²) < 4.78 is 3.46. The first kappa shape index (κ1) is 19.2. The molecule has 0 bridgehead atoms. The van der Waals surface area contributed by atoms with Gasteiger partial charge in [-0.1, -0.05) is 12.1 Å². The molecule has 0 aliphatic carbocycles. The van der Waals surface area contributed by atoms with Crippen molar-refractivity contribution in [2.75, 3.05) is 23.3 Å². The van der Waals surface area contributed by atoms with Crippen molar-refractivity contribution in [3.05, 3.63) is 47.0 Å². The zero-order chi connectivity index (χ0) is 20.4. The van der Waals surface area contributed by atoms with Crippen LogP contribution < -0.4 is 15.8 Å². The Morgan fingerprint density at radius 3 is 2.69 bits per heavy atom. The third kappa shape index (κ3) is 4.01. The van der Waals surface area contributed by atoms with Gasteiger partial charge in [-0.05, 0) is 38.8 Å². The van der Waals surface area contributed by atoms with Crippen LogP contribution >= 0.6 is 0 Å². The zero-order valence-electron chi connectivity index (χ0n) is 16.8. The molecule has 1 aliphatic rings. The van der Waals surface area contributed by atoms with Gasteiger partial charge in [-0.15, -0.1) is 0 Å². The third-order valence-corrected chi connectivity index (χ3v) is 5.22. The quantitative estimate of drug-likeness (QED) is 0.695. The van der Waals surface area contributed by atoms with Crippen LogP contribution in [0.25, 0.3) is 11.0 Å². The van der Waals surface area contributed by atoms with E-state index in [1.807, 2.05) is 49.2 Å². The maximum Gasteiger partial charge on any atom is 0.294 e. The summed E-state index contributed by atoms with van der Waals surface area (Å²) in [4.78, 5) is 32.3. The molecule has 0 atom stereocenters. The standard InChI is InChI=1S/C21H26N6O2/c1-15(2)27-14-16(13-22-27)23-19(28)9-12-26-18-8-4-3-7-17(18)24-20(21(26)29)25-10-5-6-11-25/h3-4,7-8,13-15H,5-6,9-12H2,1-2H3,(H,23,28). The normalized spacial score (nSPS) is 14.1. The van der Waals surface area contributed by atoms with E-state index in [0.717, 1.165) is 37.0 Å². The second-order valence-corrected chi connectivity index (χ2v) is 7.68. The number of aryl methyl sites for hydroxylation is 1. The summed E-state index contributed by atoms with van der Waals surface area (Å²) in [5.74, 6) is 0.337. The topological polar surface area (TPSA) is 85.0 Å². The van der Waals surface area contributed by atoms with Crippen molar-refractivity contribution in [3.8, 4) is 0 Å². The summed E-state index contributed by atoms with van der Waals surface area (Å²) in [5.41, 5.74) is 2.05. The first-order valence-electron chi connectivity index (χ1n) is 10.1. The number of fused-ring (bicyclic) bond motifs is 1. The SMILES string of the molecule is CC(C)n1cc(NC(=O)CCn2c(=O)c(N3CCCC3)nc3ccccc32)cn1. The van der Waals surface area contributed by atoms with Crippen LogP contribution in [-0.4, -0.2) is 38.3 Å². The fourth-order valence-corrected chi connectivity index (χ4v) is 3.66. The molecule has 1 aromatic carbocycles. The number of benzene rings is 1. The number of hydrogen-bond acceptors (Lipinski definition) is 5. The second-order valence-electron chi connectivity index (χ2n) is 7.68. The summed E-state index contributed by atoms with van der Waals surface area (Å²) in [7, 11) is 0. The van der Waals surface area contributed by atoms with E-state index in [-0.39, 0.29) is 23.9 Å². The molecule has 3 heterocycles. The van der Waals surface area contributed by atoms with Crippen molar-refractivity contribution in [1.29, 1.82) is 0 Å². The number of hydrogen-bond donors (Lipinski definition) is 1. The molecule has 1 saturated heterocycles. The van der Waals surface area contributed by atoms with Crippen LogP contribution in [0.4, 0.5) is 11.5 Å². The third-order valence-electron chi connectivity index (χ3n) is 5.22. The number of nitrogens with zero attached hydrogens (tertiary/aromatic N) is 5. The van der Waals surface area contributed by atoms with Gasteiger partial charge in [0.2, 0.25) is 5.91 Å². The van der Waals surface area contributed by atoms with E-state index >= 15 is 0 Å². The van der Waals surface area contributed by atoms with Crippen LogP contribution in [0, 0.1) is 0 Å². The Bertz CT molecular complexity index is 1080. The highest BCUT2D eigenvalue weighted by atomic mass is 16.2. The Morgan fingerprint density at radius 1 is 1.21 bits per heavy atom. The Balaban J connectivity index is 1.55. The summed E-state index contributed by atoms with van der Waals surface area (Å²) in [6.45, 7) is 6.05. The number of anilines is 2. The van der Waals surface area contributed by atoms with Crippen molar-refractivity contribution in [1.82, 2.24) is 19.3 Å². The highest BCUT2D eigenvalue weighted by Crippen LogP contribution is 2.18. The summed E-state index contributed by atoms with van der Waals surface area (Å²) in [6.07, 6.45) is 5.78. The van der Waals surface area contributed by atoms with Crippen LogP contribution in [-0.2, 0) is 11.3 Å². The van der Waals surface area contributed by atoms with E-state index in [1.165, 1.54) is 0 Å². The van der Waals surface area contributed by atoms with Crippen molar-refractivity contribution < 1.29 is 4.79 Å². The fourth-order valence-electron chi connectivity index (χ4n) is 3.66. The van der Waals surface area contributed by atoms with Gasteiger partial charge in [-0.3, -0.25) is 14.3 Å². The molecule has 1 N–H and O–H groups in total. The van der Waals surface area contributed by atoms with Crippen molar-refractivity contribution in [2.45, 2.75) is 45.7 Å².